The number of aliphatic hydroxyl groups is 1. The minimum Gasteiger partial charge on any atom is -0.478 e. The van der Waals surface area contributed by atoms with Crippen LogP contribution in [-0.4, -0.2) is 46.2 Å². The van der Waals surface area contributed by atoms with Gasteiger partial charge in [-0.15, -0.1) is 11.3 Å². The number of hydrogen-bond donors (Lipinski definition) is 2. The Hall–Kier alpha value is -1.66. The SMILES string of the molecule is CN(C(=O)c1sccc1/C=C/C(=O)O)C(C)(C)CO. The fourth-order valence-corrected chi connectivity index (χ4v) is 2.18. The highest BCUT2D eigenvalue weighted by atomic mass is 32.1. The molecule has 0 saturated heterocycles. The number of aliphatic carboxylic acids is 1. The molecule has 0 spiro atoms. The second-order valence-electron chi connectivity index (χ2n) is 4.71. The molecule has 0 aromatic carbocycles. The van der Waals surface area contributed by atoms with Gasteiger partial charge in [0.15, 0.2) is 0 Å². The van der Waals surface area contributed by atoms with Gasteiger partial charge in [0.25, 0.3) is 5.91 Å². The van der Waals surface area contributed by atoms with Crippen molar-refractivity contribution in [1.82, 2.24) is 4.90 Å². The fourth-order valence-electron chi connectivity index (χ4n) is 1.32. The molecule has 1 aromatic rings. The first-order chi connectivity index (χ1) is 8.79. The number of nitrogens with zero attached hydrogens (tertiary/aromatic N) is 1. The van der Waals surface area contributed by atoms with E-state index in [0.717, 1.165) is 6.08 Å². The number of amides is 1. The average Bonchev–Trinajstić information content (AvgIpc) is 2.82. The summed E-state index contributed by atoms with van der Waals surface area (Å²) in [5.74, 6) is -1.30. The Balaban J connectivity index is 3.02. The summed E-state index contributed by atoms with van der Waals surface area (Å²) in [6.45, 7) is 3.36. The molecule has 1 heterocycles. The summed E-state index contributed by atoms with van der Waals surface area (Å²) in [5, 5.41) is 19.6. The van der Waals surface area contributed by atoms with Gasteiger partial charge >= 0.3 is 5.97 Å². The number of carboxylic acids is 1. The molecule has 1 rings (SSSR count). The van der Waals surface area contributed by atoms with Crippen molar-refractivity contribution in [1.29, 1.82) is 0 Å². The van der Waals surface area contributed by atoms with E-state index in [0.29, 0.717) is 10.4 Å². The number of carbonyl (C=O) groups excluding carboxylic acids is 1. The lowest BCUT2D eigenvalue weighted by atomic mass is 10.0. The van der Waals surface area contributed by atoms with E-state index < -0.39 is 11.5 Å². The molecular formula is C13H17NO4S. The Morgan fingerprint density at radius 3 is 2.63 bits per heavy atom. The molecule has 0 bridgehead atoms. The number of aliphatic hydroxyl groups excluding tert-OH is 1. The van der Waals surface area contributed by atoms with Crippen LogP contribution in [0, 0.1) is 0 Å². The van der Waals surface area contributed by atoms with Crippen molar-refractivity contribution in [3.63, 3.8) is 0 Å². The fraction of sp³-hybridized carbons (Fsp3) is 0.385. The van der Waals surface area contributed by atoms with Crippen LogP contribution < -0.4 is 0 Å². The zero-order valence-electron chi connectivity index (χ0n) is 11.1. The summed E-state index contributed by atoms with van der Waals surface area (Å²) in [7, 11) is 1.61. The van der Waals surface area contributed by atoms with Gasteiger partial charge in [-0.2, -0.15) is 0 Å². The highest BCUT2D eigenvalue weighted by Crippen LogP contribution is 2.23. The lowest BCUT2D eigenvalue weighted by molar-refractivity contribution is -0.131. The predicted octanol–water partition coefficient (Wildman–Crippen LogP) is 1.69. The van der Waals surface area contributed by atoms with Crippen molar-refractivity contribution in [3.8, 4) is 0 Å². The van der Waals surface area contributed by atoms with E-state index in [9.17, 15) is 14.7 Å². The van der Waals surface area contributed by atoms with Gasteiger partial charge in [-0.1, -0.05) is 0 Å². The number of hydrogen-bond acceptors (Lipinski definition) is 4. The molecule has 0 aliphatic rings. The molecule has 0 saturated carbocycles. The van der Waals surface area contributed by atoms with Crippen LogP contribution in [0.15, 0.2) is 17.5 Å². The van der Waals surface area contributed by atoms with Crippen LogP contribution in [0.5, 0.6) is 0 Å². The van der Waals surface area contributed by atoms with Crippen molar-refractivity contribution >= 4 is 29.3 Å². The lowest BCUT2D eigenvalue weighted by Crippen LogP contribution is -2.47. The smallest absolute Gasteiger partial charge is 0.328 e. The van der Waals surface area contributed by atoms with Gasteiger partial charge in [-0.25, -0.2) is 4.79 Å². The Kier molecular flexibility index (Phi) is 4.85. The maximum Gasteiger partial charge on any atom is 0.328 e. The minimum absolute atomic E-state index is 0.152. The molecular weight excluding hydrogens is 266 g/mol. The minimum atomic E-state index is -1.06. The van der Waals surface area contributed by atoms with Crippen LogP contribution in [-0.2, 0) is 4.79 Å². The first-order valence-electron chi connectivity index (χ1n) is 5.67. The van der Waals surface area contributed by atoms with E-state index in [-0.39, 0.29) is 12.5 Å². The first kappa shape index (κ1) is 15.4. The normalized spacial score (nSPS) is 11.8. The monoisotopic (exact) mass is 283 g/mol. The summed E-state index contributed by atoms with van der Waals surface area (Å²) in [4.78, 5) is 24.7. The standard InChI is InChI=1S/C13H17NO4S/c1-13(2,8-15)14(3)12(18)11-9(6-7-19-11)4-5-10(16)17/h4-7,15H,8H2,1-3H3,(H,16,17)/b5-4+. The third-order valence-corrected chi connectivity index (χ3v) is 3.81. The Morgan fingerprint density at radius 2 is 2.11 bits per heavy atom. The molecule has 19 heavy (non-hydrogen) atoms. The predicted molar refractivity (Wildman–Crippen MR) is 74.2 cm³/mol. The number of likely N-dealkylation sites (N-methyl/N-ethyl adjacent to an activating group) is 1. The van der Waals surface area contributed by atoms with E-state index in [1.807, 2.05) is 0 Å². The Morgan fingerprint density at radius 1 is 1.47 bits per heavy atom. The van der Waals surface area contributed by atoms with Crippen molar-refractivity contribution < 1.29 is 19.8 Å². The number of thiophene rings is 1. The van der Waals surface area contributed by atoms with Crippen LogP contribution in [0.1, 0.15) is 29.1 Å². The van der Waals surface area contributed by atoms with Gasteiger partial charge in [-0.05, 0) is 36.9 Å². The average molecular weight is 283 g/mol. The van der Waals surface area contributed by atoms with E-state index in [1.165, 1.54) is 22.3 Å². The van der Waals surface area contributed by atoms with Crippen molar-refractivity contribution in [2.24, 2.45) is 0 Å². The van der Waals surface area contributed by atoms with E-state index >= 15 is 0 Å². The highest BCUT2D eigenvalue weighted by molar-refractivity contribution is 7.12. The number of rotatable bonds is 5. The maximum atomic E-state index is 12.3. The van der Waals surface area contributed by atoms with Gasteiger partial charge in [-0.3, -0.25) is 4.79 Å². The third-order valence-electron chi connectivity index (χ3n) is 2.89. The van der Waals surface area contributed by atoms with E-state index in [2.05, 4.69) is 0 Å². The van der Waals surface area contributed by atoms with Gasteiger partial charge in [0, 0.05) is 13.1 Å². The number of carboxylic acid groups (broad SMARTS) is 1. The summed E-state index contributed by atoms with van der Waals surface area (Å²) in [6.07, 6.45) is 2.39. The quantitative estimate of drug-likeness (QED) is 0.806. The van der Waals surface area contributed by atoms with Crippen molar-refractivity contribution in [2.45, 2.75) is 19.4 Å². The van der Waals surface area contributed by atoms with Gasteiger partial charge in [0.05, 0.1) is 17.0 Å². The van der Waals surface area contributed by atoms with Crippen LogP contribution in [0.25, 0.3) is 6.08 Å². The molecule has 1 aromatic heterocycles. The third kappa shape index (κ3) is 3.65. The van der Waals surface area contributed by atoms with Gasteiger partial charge in [0.1, 0.15) is 0 Å². The second kappa shape index (κ2) is 5.99. The summed E-state index contributed by atoms with van der Waals surface area (Å²) in [6, 6.07) is 1.69. The first-order valence-corrected chi connectivity index (χ1v) is 6.55. The van der Waals surface area contributed by atoms with Gasteiger partial charge < -0.3 is 15.1 Å². The molecule has 5 nitrogen and oxygen atoms in total. The summed E-state index contributed by atoms with van der Waals surface area (Å²) < 4.78 is 0. The molecule has 1 amide bonds. The molecule has 0 unspecified atom stereocenters. The zero-order chi connectivity index (χ0) is 14.6. The lowest BCUT2D eigenvalue weighted by Gasteiger charge is -2.33. The molecule has 0 aliphatic heterocycles. The van der Waals surface area contributed by atoms with Gasteiger partial charge in [0.2, 0.25) is 0 Å². The van der Waals surface area contributed by atoms with Crippen molar-refractivity contribution in [3.05, 3.63) is 28.0 Å². The largest absolute Gasteiger partial charge is 0.478 e. The Labute approximate surface area is 115 Å². The molecule has 2 N–H and O–H groups in total. The molecule has 0 radical (unpaired) electrons. The summed E-state index contributed by atoms with van der Waals surface area (Å²) >= 11 is 1.25. The molecule has 6 heteroatoms. The molecule has 0 aliphatic carbocycles. The van der Waals surface area contributed by atoms with E-state index in [4.69, 9.17) is 5.11 Å². The maximum absolute atomic E-state index is 12.3. The number of carbonyl (C=O) groups is 2. The molecule has 0 fully saturated rings. The van der Waals surface area contributed by atoms with Crippen LogP contribution in [0.3, 0.4) is 0 Å². The highest BCUT2D eigenvalue weighted by Gasteiger charge is 2.29. The van der Waals surface area contributed by atoms with Crippen LogP contribution in [0.2, 0.25) is 0 Å². The second-order valence-corrected chi connectivity index (χ2v) is 5.63. The summed E-state index contributed by atoms with van der Waals surface area (Å²) in [5.41, 5.74) is -0.104. The Bertz CT molecular complexity index is 504. The molecule has 104 valence electrons. The van der Waals surface area contributed by atoms with Crippen molar-refractivity contribution in [2.75, 3.05) is 13.7 Å². The van der Waals surface area contributed by atoms with E-state index in [1.54, 1.807) is 32.3 Å². The molecule has 0 atom stereocenters. The van der Waals surface area contributed by atoms with Crippen LogP contribution in [0.4, 0.5) is 0 Å². The van der Waals surface area contributed by atoms with Crippen LogP contribution >= 0.6 is 11.3 Å². The topological polar surface area (TPSA) is 77.8 Å². The zero-order valence-corrected chi connectivity index (χ0v) is 11.9.